The van der Waals surface area contributed by atoms with Crippen molar-refractivity contribution in [2.24, 2.45) is 0 Å². The molecule has 54 heavy (non-hydrogen) atoms. The van der Waals surface area contributed by atoms with Crippen molar-refractivity contribution >= 4 is 46.5 Å². The van der Waals surface area contributed by atoms with Gasteiger partial charge in [0.05, 0.1) is 23.5 Å². The Balaban J connectivity index is 1.32. The van der Waals surface area contributed by atoms with E-state index in [1.54, 1.807) is 12.7 Å². The third kappa shape index (κ3) is 7.15. The van der Waals surface area contributed by atoms with Crippen LogP contribution in [0.2, 0.25) is 10.0 Å². The molecule has 0 saturated carbocycles. The normalized spacial score (nSPS) is 14.9. The maximum absolute atomic E-state index is 6.45. The largest absolute Gasteiger partial charge is 0.352 e. The summed E-state index contributed by atoms with van der Waals surface area (Å²) in [4.78, 5) is 34.2. The van der Waals surface area contributed by atoms with Gasteiger partial charge in [0.1, 0.15) is 24.3 Å². The molecule has 0 radical (unpaired) electrons. The highest BCUT2D eigenvalue weighted by Gasteiger charge is 2.37. The number of hydrogen-bond acceptors (Lipinski definition) is 10. The first kappa shape index (κ1) is 35.7. The fourth-order valence-corrected chi connectivity index (χ4v) is 7.69. The second-order valence-electron chi connectivity index (χ2n) is 14.1. The van der Waals surface area contributed by atoms with Gasteiger partial charge in [-0.2, -0.15) is 0 Å². The van der Waals surface area contributed by atoms with Crippen molar-refractivity contribution in [2.75, 3.05) is 32.9 Å². The summed E-state index contributed by atoms with van der Waals surface area (Å²) in [5.74, 6) is 3.47. The molecule has 274 valence electrons. The Hall–Kier alpha value is -5.32. The third-order valence-corrected chi connectivity index (χ3v) is 11.0. The number of nitrogens with zero attached hydrogens (tertiary/aromatic N) is 10. The van der Waals surface area contributed by atoms with E-state index >= 15 is 0 Å². The fraction of sp³-hybridized carbons (Fsp3) is 0.286. The number of halogens is 2. The molecule has 2 unspecified atom stereocenters. The number of hydrogen-bond donors (Lipinski definition) is 0. The van der Waals surface area contributed by atoms with Gasteiger partial charge in [-0.25, -0.2) is 29.9 Å². The monoisotopic (exact) mass is 756 g/mol. The average Bonchev–Trinajstić information content (AvgIpc) is 3.20. The van der Waals surface area contributed by atoms with Crippen LogP contribution in [0.1, 0.15) is 70.7 Å². The third-order valence-electron chi connectivity index (χ3n) is 10.5. The van der Waals surface area contributed by atoms with Crippen molar-refractivity contribution in [2.45, 2.75) is 65.7 Å². The van der Waals surface area contributed by atoms with Crippen molar-refractivity contribution in [3.8, 4) is 0 Å². The summed E-state index contributed by atoms with van der Waals surface area (Å²) in [5.41, 5.74) is 8.54. The van der Waals surface area contributed by atoms with Crippen LogP contribution in [0.4, 0.5) is 23.3 Å². The van der Waals surface area contributed by atoms with Crippen LogP contribution < -0.4 is 19.8 Å². The van der Waals surface area contributed by atoms with Crippen LogP contribution in [0.5, 0.6) is 0 Å². The molecule has 0 N–H and O–H groups in total. The molecular weight excluding hydrogens is 715 g/mol. The van der Waals surface area contributed by atoms with Crippen LogP contribution in [-0.4, -0.2) is 43.0 Å². The van der Waals surface area contributed by atoms with Gasteiger partial charge in [-0.05, 0) is 86.3 Å². The summed E-state index contributed by atoms with van der Waals surface area (Å²) < 4.78 is 0. The van der Waals surface area contributed by atoms with Crippen molar-refractivity contribution in [3.63, 3.8) is 0 Å². The predicted molar refractivity (Wildman–Crippen MR) is 216 cm³/mol. The van der Waals surface area contributed by atoms with Crippen molar-refractivity contribution in [3.05, 3.63) is 153 Å². The molecular formula is C42H42Cl2N10. The van der Waals surface area contributed by atoms with E-state index in [9.17, 15) is 0 Å². The fourth-order valence-electron chi connectivity index (χ4n) is 7.44. The number of fused-ring (bicyclic) bond motifs is 2. The van der Waals surface area contributed by atoms with Crippen LogP contribution in [0.25, 0.3) is 0 Å². The molecule has 6 heterocycles. The van der Waals surface area contributed by atoms with Crippen molar-refractivity contribution < 1.29 is 0 Å². The van der Waals surface area contributed by atoms with Gasteiger partial charge in [-0.3, -0.25) is 10.0 Å². The minimum Gasteiger partial charge on any atom is -0.352 e. The van der Waals surface area contributed by atoms with Gasteiger partial charge >= 0.3 is 0 Å². The number of benzene rings is 2. The smallest absolute Gasteiger partial charge is 0.156 e. The molecule has 10 nitrogen and oxygen atoms in total. The first-order chi connectivity index (χ1) is 26.2. The van der Waals surface area contributed by atoms with Crippen LogP contribution in [-0.2, 0) is 25.9 Å². The maximum atomic E-state index is 6.45. The average molecular weight is 758 g/mol. The van der Waals surface area contributed by atoms with Gasteiger partial charge in [0.2, 0.25) is 0 Å². The zero-order chi connectivity index (χ0) is 37.3. The van der Waals surface area contributed by atoms with Crippen molar-refractivity contribution in [1.29, 1.82) is 0 Å². The molecule has 12 heteroatoms. The summed E-state index contributed by atoms with van der Waals surface area (Å²) in [6.45, 7) is 11.3. The molecule has 0 saturated heterocycles. The maximum Gasteiger partial charge on any atom is 0.156 e. The van der Waals surface area contributed by atoms with Crippen LogP contribution >= 0.6 is 23.2 Å². The highest BCUT2D eigenvalue weighted by atomic mass is 35.5. The highest BCUT2D eigenvalue weighted by molar-refractivity contribution is 6.30. The number of pyridine rings is 2. The molecule has 2 aliphatic rings. The van der Waals surface area contributed by atoms with Gasteiger partial charge < -0.3 is 9.80 Å². The van der Waals surface area contributed by atoms with Gasteiger partial charge in [-0.15, -0.1) is 0 Å². The van der Waals surface area contributed by atoms with E-state index in [0.29, 0.717) is 23.1 Å². The predicted octanol–water partition coefficient (Wildman–Crippen LogP) is 8.86. The Morgan fingerprint density at radius 1 is 0.537 bits per heavy atom. The topological polar surface area (TPSA) is 90.3 Å². The van der Waals surface area contributed by atoms with Gasteiger partial charge in [0.15, 0.2) is 11.6 Å². The summed E-state index contributed by atoms with van der Waals surface area (Å²) in [5, 5.41) is 5.97. The summed E-state index contributed by atoms with van der Waals surface area (Å²) in [6, 6.07) is 24.1. The molecule has 6 aromatic rings. The van der Waals surface area contributed by atoms with E-state index in [-0.39, 0.29) is 12.1 Å². The number of hydrazine groups is 1. The Morgan fingerprint density at radius 3 is 1.31 bits per heavy atom. The summed E-state index contributed by atoms with van der Waals surface area (Å²) in [6.07, 6.45) is 8.76. The molecule has 2 aliphatic heterocycles. The van der Waals surface area contributed by atoms with Crippen molar-refractivity contribution in [1.82, 2.24) is 29.9 Å². The number of rotatable bonds is 9. The quantitative estimate of drug-likeness (QED) is 0.133. The minimum atomic E-state index is -0.215. The Bertz CT molecular complexity index is 2070. The minimum absolute atomic E-state index is 0.215. The lowest BCUT2D eigenvalue weighted by molar-refractivity contribution is 0.540. The Morgan fingerprint density at radius 2 is 0.944 bits per heavy atom. The molecule has 2 atom stereocenters. The molecule has 8 rings (SSSR count). The number of anilines is 4. The molecule has 2 aromatic carbocycles. The van der Waals surface area contributed by atoms with E-state index in [0.717, 1.165) is 94.0 Å². The number of aromatic nitrogens is 6. The van der Waals surface area contributed by atoms with E-state index in [1.807, 2.05) is 36.7 Å². The molecule has 0 spiro atoms. The van der Waals surface area contributed by atoms with E-state index < -0.39 is 0 Å². The molecule has 4 aromatic heterocycles. The van der Waals surface area contributed by atoms with Gasteiger partial charge in [-0.1, -0.05) is 59.6 Å². The first-order valence-corrected chi connectivity index (χ1v) is 19.1. The Labute approximate surface area is 326 Å². The highest BCUT2D eigenvalue weighted by Crippen LogP contribution is 2.42. The lowest BCUT2D eigenvalue weighted by atomic mass is 10.0. The summed E-state index contributed by atoms with van der Waals surface area (Å²) in [7, 11) is 0. The van der Waals surface area contributed by atoms with E-state index in [4.69, 9.17) is 53.1 Å². The SMILES string of the molecule is Cc1ccc(N2CCc3ncnc(N(C(C)c4ccc(Cl)cc4)N(c4ncnc5c4CN(c4ccc(C)cn4)CC5)C(C)c4ccc(Cl)cc4)c3C2)nc1. The van der Waals surface area contributed by atoms with Crippen LogP contribution in [0, 0.1) is 13.8 Å². The first-order valence-electron chi connectivity index (χ1n) is 18.3. The second kappa shape index (κ2) is 15.2. The van der Waals surface area contributed by atoms with Crippen LogP contribution in [0.15, 0.2) is 97.8 Å². The summed E-state index contributed by atoms with van der Waals surface area (Å²) >= 11 is 12.9. The zero-order valence-corrected chi connectivity index (χ0v) is 32.4. The van der Waals surface area contributed by atoms with E-state index in [1.165, 1.54) is 0 Å². The van der Waals surface area contributed by atoms with Gasteiger partial charge in [0.25, 0.3) is 0 Å². The van der Waals surface area contributed by atoms with Gasteiger partial charge in [0, 0.05) is 72.6 Å². The lowest BCUT2D eigenvalue weighted by Gasteiger charge is -2.46. The van der Waals surface area contributed by atoms with E-state index in [2.05, 4.69) is 96.0 Å². The molecule has 0 aliphatic carbocycles. The lowest BCUT2D eigenvalue weighted by Crippen LogP contribution is -2.49. The standard InChI is InChI=1S/C42H42Cl2N10/c1-27-5-15-39(45-21-27)51-19-17-37-35(23-51)41(49-25-47-37)53(29(3)31-7-11-33(43)12-8-31)54(30(4)32-9-13-34(44)14-10-32)42-36-24-52(20-18-38(36)48-26-50-42)40-16-6-28(2)22-46-40/h5-16,21-22,25-26,29-30H,17-20,23-24H2,1-4H3. The second-order valence-corrected chi connectivity index (χ2v) is 15.0. The molecule has 0 amide bonds. The zero-order valence-electron chi connectivity index (χ0n) is 30.9. The Kier molecular flexibility index (Phi) is 10.0. The molecule has 0 fully saturated rings. The molecule has 0 bridgehead atoms. The number of aryl methyl sites for hydroxylation is 2. The van der Waals surface area contributed by atoms with Crippen LogP contribution in [0.3, 0.4) is 0 Å².